The summed E-state index contributed by atoms with van der Waals surface area (Å²) in [5.74, 6) is 0.0822. The lowest BCUT2D eigenvalue weighted by Crippen LogP contribution is -2.14. The minimum absolute atomic E-state index is 0.132. The van der Waals surface area contributed by atoms with Crippen LogP contribution in [0, 0.1) is 10.9 Å². The third kappa shape index (κ3) is 5.25. The molecule has 27 heavy (non-hydrogen) atoms. The van der Waals surface area contributed by atoms with Gasteiger partial charge in [-0.25, -0.2) is 4.68 Å². The maximum atomic E-state index is 12.2. The lowest BCUT2D eigenvalue weighted by atomic mass is 10.2. The Morgan fingerprint density at radius 2 is 2.00 bits per heavy atom. The number of nitrogens with one attached hydrogen (secondary N) is 1. The van der Waals surface area contributed by atoms with Crippen LogP contribution in [0.3, 0.4) is 0 Å². The summed E-state index contributed by atoms with van der Waals surface area (Å²) in [5.41, 5.74) is 2.36. The molecule has 2 aromatic carbocycles. The highest BCUT2D eigenvalue weighted by atomic mass is 35.5. The van der Waals surface area contributed by atoms with Crippen LogP contribution in [0.15, 0.2) is 40.7 Å². The topological polar surface area (TPSA) is 46.9 Å². The zero-order chi connectivity index (χ0) is 19.6. The van der Waals surface area contributed by atoms with Gasteiger partial charge in [-0.3, -0.25) is 4.79 Å². The zero-order valence-electron chi connectivity index (χ0n) is 13.8. The van der Waals surface area contributed by atoms with Gasteiger partial charge in [-0.2, -0.15) is 0 Å². The zero-order valence-corrected chi connectivity index (χ0v) is 18.5. The molecule has 3 aromatic rings. The standard InChI is InChI=1S/C17H12Cl3N3OS3/c1-9-6-10(18)2-5-14(9)21-15(24)8-26-16-22-23(17(25)27-16)11-3-4-12(19)13(20)7-11/h2-7H,8H2,1H3,(H,21,24). The summed E-state index contributed by atoms with van der Waals surface area (Å²) in [4.78, 5) is 12.2. The number of hydrogen-bond donors (Lipinski definition) is 1. The molecule has 0 bridgehead atoms. The molecule has 10 heteroatoms. The Morgan fingerprint density at radius 3 is 2.70 bits per heavy atom. The number of nitrogens with zero attached hydrogens (tertiary/aromatic N) is 2. The van der Waals surface area contributed by atoms with Crippen molar-refractivity contribution in [3.8, 4) is 5.69 Å². The van der Waals surface area contributed by atoms with Crippen molar-refractivity contribution >= 4 is 81.7 Å². The Bertz CT molecular complexity index is 1070. The van der Waals surface area contributed by atoms with Crippen molar-refractivity contribution in [3.05, 3.63) is 61.0 Å². The number of anilines is 1. The summed E-state index contributed by atoms with van der Waals surface area (Å²) in [7, 11) is 0. The number of halogens is 3. The normalized spacial score (nSPS) is 10.8. The molecule has 4 nitrogen and oxygen atoms in total. The Morgan fingerprint density at radius 1 is 1.22 bits per heavy atom. The highest BCUT2D eigenvalue weighted by molar-refractivity contribution is 8.01. The number of hydrogen-bond acceptors (Lipinski definition) is 5. The molecule has 0 aliphatic heterocycles. The molecule has 0 saturated carbocycles. The van der Waals surface area contributed by atoms with E-state index in [0.717, 1.165) is 16.9 Å². The third-order valence-corrected chi connectivity index (χ3v) is 6.81. The van der Waals surface area contributed by atoms with E-state index in [9.17, 15) is 4.79 Å². The van der Waals surface area contributed by atoms with Crippen molar-refractivity contribution in [2.24, 2.45) is 0 Å². The molecule has 0 radical (unpaired) electrons. The quantitative estimate of drug-likeness (QED) is 0.330. The molecule has 140 valence electrons. The second kappa shape index (κ2) is 8.94. The molecule has 0 fully saturated rings. The number of carbonyl (C=O) groups is 1. The predicted octanol–water partition coefficient (Wildman–Crippen LogP) is 6.66. The van der Waals surface area contributed by atoms with Crippen LogP contribution in [0.5, 0.6) is 0 Å². The molecule has 1 aromatic heterocycles. The third-order valence-electron chi connectivity index (χ3n) is 3.47. The Hall–Kier alpha value is -1.09. The maximum Gasteiger partial charge on any atom is 0.234 e. The van der Waals surface area contributed by atoms with Gasteiger partial charge in [-0.15, -0.1) is 5.10 Å². The molecule has 0 atom stereocenters. The molecule has 3 rings (SSSR count). The van der Waals surface area contributed by atoms with Gasteiger partial charge in [0.05, 0.1) is 21.5 Å². The fraction of sp³-hybridized carbons (Fsp3) is 0.118. The number of aromatic nitrogens is 2. The van der Waals surface area contributed by atoms with Crippen molar-refractivity contribution in [3.63, 3.8) is 0 Å². The fourth-order valence-corrected chi connectivity index (χ4v) is 4.86. The smallest absolute Gasteiger partial charge is 0.234 e. The molecular formula is C17H12Cl3N3OS3. The second-order valence-electron chi connectivity index (χ2n) is 5.44. The number of amides is 1. The van der Waals surface area contributed by atoms with Crippen LogP contribution in [0.25, 0.3) is 5.69 Å². The molecule has 0 spiro atoms. The minimum atomic E-state index is -0.132. The summed E-state index contributed by atoms with van der Waals surface area (Å²) >= 11 is 25.9. The van der Waals surface area contributed by atoms with E-state index in [1.54, 1.807) is 41.1 Å². The average molecular weight is 477 g/mol. The first-order chi connectivity index (χ1) is 12.8. The van der Waals surface area contributed by atoms with Gasteiger partial charge in [0, 0.05) is 10.7 Å². The molecule has 0 aliphatic carbocycles. The van der Waals surface area contributed by atoms with Crippen molar-refractivity contribution in [2.75, 3.05) is 11.1 Å². The van der Waals surface area contributed by atoms with Crippen LogP contribution >= 0.6 is 70.1 Å². The second-order valence-corrected chi connectivity index (χ2v) is 9.54. The number of aryl methyl sites for hydroxylation is 1. The SMILES string of the molecule is Cc1cc(Cl)ccc1NC(=O)CSc1nn(-c2ccc(Cl)c(Cl)c2)c(=S)s1. The van der Waals surface area contributed by atoms with Crippen LogP contribution in [-0.4, -0.2) is 21.4 Å². The van der Waals surface area contributed by atoms with E-state index in [1.807, 2.05) is 6.92 Å². The van der Waals surface area contributed by atoms with Crippen LogP contribution in [0.4, 0.5) is 5.69 Å². The minimum Gasteiger partial charge on any atom is -0.325 e. The lowest BCUT2D eigenvalue weighted by molar-refractivity contribution is -0.113. The molecular weight excluding hydrogens is 465 g/mol. The molecule has 1 heterocycles. The van der Waals surface area contributed by atoms with E-state index in [-0.39, 0.29) is 11.7 Å². The van der Waals surface area contributed by atoms with Gasteiger partial charge in [-0.05, 0) is 61.1 Å². The maximum absolute atomic E-state index is 12.2. The van der Waals surface area contributed by atoms with Crippen molar-refractivity contribution in [2.45, 2.75) is 11.3 Å². The van der Waals surface area contributed by atoms with Gasteiger partial charge in [-0.1, -0.05) is 57.9 Å². The number of thioether (sulfide) groups is 1. The van der Waals surface area contributed by atoms with Crippen LogP contribution in [-0.2, 0) is 4.79 Å². The molecule has 1 amide bonds. The monoisotopic (exact) mass is 475 g/mol. The Labute approximate surface area is 184 Å². The molecule has 1 N–H and O–H groups in total. The first-order valence-corrected chi connectivity index (χ1v) is 10.9. The molecule has 0 unspecified atom stereocenters. The first-order valence-electron chi connectivity index (χ1n) is 7.58. The van der Waals surface area contributed by atoms with Gasteiger partial charge >= 0.3 is 0 Å². The highest BCUT2D eigenvalue weighted by Gasteiger charge is 2.11. The van der Waals surface area contributed by atoms with Gasteiger partial charge in [0.25, 0.3) is 0 Å². The summed E-state index contributed by atoms with van der Waals surface area (Å²) in [6.07, 6.45) is 0. The van der Waals surface area contributed by atoms with Crippen LogP contribution < -0.4 is 5.32 Å². The van der Waals surface area contributed by atoms with Crippen LogP contribution in [0.1, 0.15) is 5.56 Å². The number of rotatable bonds is 5. The van der Waals surface area contributed by atoms with Gasteiger partial charge in [0.2, 0.25) is 5.91 Å². The van der Waals surface area contributed by atoms with E-state index >= 15 is 0 Å². The lowest BCUT2D eigenvalue weighted by Gasteiger charge is -2.07. The summed E-state index contributed by atoms with van der Waals surface area (Å²) < 4.78 is 2.85. The van der Waals surface area contributed by atoms with Gasteiger partial charge in [0.15, 0.2) is 8.29 Å². The average Bonchev–Trinajstić information content (AvgIpc) is 2.99. The van der Waals surface area contributed by atoms with Crippen LogP contribution in [0.2, 0.25) is 15.1 Å². The largest absolute Gasteiger partial charge is 0.325 e. The Balaban J connectivity index is 1.67. The van der Waals surface area contributed by atoms with E-state index in [0.29, 0.717) is 23.4 Å². The van der Waals surface area contributed by atoms with E-state index < -0.39 is 0 Å². The first kappa shape index (κ1) is 20.6. The van der Waals surface area contributed by atoms with Crippen molar-refractivity contribution in [1.29, 1.82) is 0 Å². The Kier molecular flexibility index (Phi) is 6.83. The predicted molar refractivity (Wildman–Crippen MR) is 118 cm³/mol. The molecule has 0 aliphatic rings. The van der Waals surface area contributed by atoms with E-state index in [2.05, 4.69) is 10.4 Å². The number of carbonyl (C=O) groups excluding carboxylic acids is 1. The van der Waals surface area contributed by atoms with Crippen molar-refractivity contribution in [1.82, 2.24) is 9.78 Å². The van der Waals surface area contributed by atoms with Gasteiger partial charge < -0.3 is 5.32 Å². The fourth-order valence-electron chi connectivity index (χ4n) is 2.18. The van der Waals surface area contributed by atoms with E-state index in [4.69, 9.17) is 47.0 Å². The van der Waals surface area contributed by atoms with E-state index in [1.165, 1.54) is 23.1 Å². The summed E-state index contributed by atoms with van der Waals surface area (Å²) in [5, 5.41) is 8.84. The molecule has 0 saturated heterocycles. The summed E-state index contributed by atoms with van der Waals surface area (Å²) in [6.45, 7) is 1.89. The summed E-state index contributed by atoms with van der Waals surface area (Å²) in [6, 6.07) is 10.5. The number of benzene rings is 2. The highest BCUT2D eigenvalue weighted by Crippen LogP contribution is 2.28. The van der Waals surface area contributed by atoms with Crippen molar-refractivity contribution < 1.29 is 4.79 Å². The van der Waals surface area contributed by atoms with Gasteiger partial charge in [0.1, 0.15) is 0 Å².